The van der Waals surface area contributed by atoms with Crippen molar-refractivity contribution < 1.29 is 0 Å². The minimum Gasteiger partial charge on any atom is -0.367 e. The summed E-state index contributed by atoms with van der Waals surface area (Å²) in [5, 5.41) is 0.759. The van der Waals surface area contributed by atoms with E-state index in [-0.39, 0.29) is 0 Å². The lowest BCUT2D eigenvalue weighted by molar-refractivity contribution is 0.763. The molecule has 0 unspecified atom stereocenters. The zero-order valence-electron chi connectivity index (χ0n) is 11.3. The first kappa shape index (κ1) is 13.8. The highest BCUT2D eigenvalue weighted by atomic mass is 35.5. The molecule has 0 aliphatic carbocycles. The van der Waals surface area contributed by atoms with Crippen LogP contribution in [0, 0.1) is 0 Å². The second kappa shape index (κ2) is 6.07. The lowest BCUT2D eigenvalue weighted by Gasteiger charge is -2.26. The maximum absolute atomic E-state index is 6.28. The van der Waals surface area contributed by atoms with Crippen molar-refractivity contribution in [1.29, 1.82) is 0 Å². The minimum absolute atomic E-state index is 0.452. The van der Waals surface area contributed by atoms with Gasteiger partial charge in [0.1, 0.15) is 0 Å². The summed E-state index contributed by atoms with van der Waals surface area (Å²) in [6, 6.07) is 14.7. The standard InChI is InChI=1S/C17H17Cl2N/c18-11-15-16(19)8-3-9-17(15)20-10-4-7-13-5-1-2-6-14(13)12-20/h1-3,5-6,8-9H,4,7,10-12H2. The molecule has 1 heterocycles. The molecule has 1 aliphatic rings. The molecule has 0 saturated carbocycles. The molecule has 3 heteroatoms. The number of nitrogens with zero attached hydrogens (tertiary/aromatic N) is 1. The number of halogens is 2. The van der Waals surface area contributed by atoms with Gasteiger partial charge in [-0.3, -0.25) is 0 Å². The van der Waals surface area contributed by atoms with Crippen molar-refractivity contribution in [1.82, 2.24) is 0 Å². The molecule has 104 valence electrons. The van der Waals surface area contributed by atoms with Gasteiger partial charge in [0.2, 0.25) is 0 Å². The van der Waals surface area contributed by atoms with Crippen molar-refractivity contribution in [3.8, 4) is 0 Å². The molecule has 0 N–H and O–H groups in total. The van der Waals surface area contributed by atoms with E-state index in [0.717, 1.165) is 36.5 Å². The van der Waals surface area contributed by atoms with E-state index >= 15 is 0 Å². The van der Waals surface area contributed by atoms with Crippen LogP contribution in [-0.4, -0.2) is 6.54 Å². The Morgan fingerprint density at radius 1 is 1.00 bits per heavy atom. The van der Waals surface area contributed by atoms with Crippen LogP contribution in [0.4, 0.5) is 5.69 Å². The fraction of sp³-hybridized carbons (Fsp3) is 0.294. The Kier molecular flexibility index (Phi) is 4.18. The van der Waals surface area contributed by atoms with Gasteiger partial charge in [0.05, 0.1) is 5.88 Å². The van der Waals surface area contributed by atoms with Crippen molar-refractivity contribution in [2.24, 2.45) is 0 Å². The van der Waals surface area contributed by atoms with E-state index in [1.165, 1.54) is 16.8 Å². The van der Waals surface area contributed by atoms with Crippen LogP contribution in [0.3, 0.4) is 0 Å². The lowest BCUT2D eigenvalue weighted by atomic mass is 10.0. The van der Waals surface area contributed by atoms with E-state index in [1.54, 1.807) is 0 Å². The summed E-state index contributed by atoms with van der Waals surface area (Å²) >= 11 is 12.4. The van der Waals surface area contributed by atoms with E-state index < -0.39 is 0 Å². The fourth-order valence-corrected chi connectivity index (χ4v) is 3.47. The summed E-state index contributed by atoms with van der Waals surface area (Å²) in [6.45, 7) is 1.97. The first-order valence-corrected chi connectivity index (χ1v) is 7.86. The summed E-state index contributed by atoms with van der Waals surface area (Å²) in [5.74, 6) is 0.452. The monoisotopic (exact) mass is 305 g/mol. The van der Waals surface area contributed by atoms with E-state index in [4.69, 9.17) is 23.2 Å². The van der Waals surface area contributed by atoms with Crippen molar-refractivity contribution in [2.75, 3.05) is 11.4 Å². The third-order valence-corrected chi connectivity index (χ3v) is 4.54. The van der Waals surface area contributed by atoms with Crippen molar-refractivity contribution >= 4 is 28.9 Å². The van der Waals surface area contributed by atoms with Gasteiger partial charge >= 0.3 is 0 Å². The molecule has 0 amide bonds. The quantitative estimate of drug-likeness (QED) is 0.703. The molecular weight excluding hydrogens is 289 g/mol. The predicted molar refractivity (Wildman–Crippen MR) is 86.8 cm³/mol. The fourth-order valence-electron chi connectivity index (χ4n) is 2.88. The Bertz CT molecular complexity index is 610. The summed E-state index contributed by atoms with van der Waals surface area (Å²) in [7, 11) is 0. The molecule has 0 spiro atoms. The molecule has 0 fully saturated rings. The highest BCUT2D eigenvalue weighted by Crippen LogP contribution is 2.32. The molecule has 0 aromatic heterocycles. The smallest absolute Gasteiger partial charge is 0.0509 e. The minimum atomic E-state index is 0.452. The average molecular weight is 306 g/mol. The second-order valence-electron chi connectivity index (χ2n) is 5.16. The summed E-state index contributed by atoms with van der Waals surface area (Å²) in [4.78, 5) is 2.40. The highest BCUT2D eigenvalue weighted by Gasteiger charge is 2.17. The Hall–Kier alpha value is -1.18. The number of aryl methyl sites for hydroxylation is 1. The van der Waals surface area contributed by atoms with Gasteiger partial charge in [0.25, 0.3) is 0 Å². The number of benzene rings is 2. The summed E-state index contributed by atoms with van der Waals surface area (Å²) < 4.78 is 0. The molecule has 2 aromatic carbocycles. The Balaban J connectivity index is 1.98. The van der Waals surface area contributed by atoms with Gasteiger partial charge in [-0.1, -0.05) is 41.9 Å². The van der Waals surface area contributed by atoms with E-state index in [1.807, 2.05) is 12.1 Å². The first-order chi connectivity index (χ1) is 9.79. The molecule has 1 aliphatic heterocycles. The Labute approximate surface area is 130 Å². The van der Waals surface area contributed by atoms with Gasteiger partial charge < -0.3 is 4.90 Å². The maximum Gasteiger partial charge on any atom is 0.0509 e. The number of rotatable bonds is 2. The zero-order valence-corrected chi connectivity index (χ0v) is 12.8. The Morgan fingerprint density at radius 2 is 1.80 bits per heavy atom. The van der Waals surface area contributed by atoms with E-state index in [9.17, 15) is 0 Å². The molecule has 3 rings (SSSR count). The van der Waals surface area contributed by atoms with Crippen molar-refractivity contribution in [2.45, 2.75) is 25.3 Å². The first-order valence-electron chi connectivity index (χ1n) is 6.94. The number of hydrogen-bond acceptors (Lipinski definition) is 1. The van der Waals surface area contributed by atoms with Crippen LogP contribution in [0.2, 0.25) is 5.02 Å². The second-order valence-corrected chi connectivity index (χ2v) is 5.84. The van der Waals surface area contributed by atoms with Crippen LogP contribution in [0.1, 0.15) is 23.1 Å². The predicted octanol–water partition coefficient (Wildman–Crippen LogP) is 5.03. The lowest BCUT2D eigenvalue weighted by Crippen LogP contribution is -2.23. The van der Waals surface area contributed by atoms with E-state index in [0.29, 0.717) is 5.88 Å². The molecule has 0 atom stereocenters. The highest BCUT2D eigenvalue weighted by molar-refractivity contribution is 6.32. The Morgan fingerprint density at radius 3 is 2.60 bits per heavy atom. The van der Waals surface area contributed by atoms with Crippen LogP contribution in [-0.2, 0) is 18.8 Å². The number of hydrogen-bond donors (Lipinski definition) is 0. The molecule has 0 bridgehead atoms. The van der Waals surface area contributed by atoms with Crippen LogP contribution in [0.25, 0.3) is 0 Å². The molecular formula is C17H17Cl2N. The van der Waals surface area contributed by atoms with Crippen LogP contribution >= 0.6 is 23.2 Å². The van der Waals surface area contributed by atoms with Gasteiger partial charge in [-0.25, -0.2) is 0 Å². The number of anilines is 1. The van der Waals surface area contributed by atoms with Gasteiger partial charge in [0, 0.05) is 29.4 Å². The third-order valence-electron chi connectivity index (χ3n) is 3.92. The molecule has 0 saturated heterocycles. The van der Waals surface area contributed by atoms with Gasteiger partial charge in [-0.05, 0) is 36.1 Å². The number of fused-ring (bicyclic) bond motifs is 1. The molecule has 0 radical (unpaired) electrons. The molecule has 1 nitrogen and oxygen atoms in total. The van der Waals surface area contributed by atoms with Crippen LogP contribution in [0.5, 0.6) is 0 Å². The SMILES string of the molecule is ClCc1c(Cl)cccc1N1CCCc2ccccc2C1. The summed E-state index contributed by atoms with van der Waals surface area (Å²) in [5.41, 5.74) is 5.08. The topological polar surface area (TPSA) is 3.24 Å². The third kappa shape index (κ3) is 2.65. The largest absolute Gasteiger partial charge is 0.367 e. The van der Waals surface area contributed by atoms with Gasteiger partial charge in [0.15, 0.2) is 0 Å². The number of alkyl halides is 1. The average Bonchev–Trinajstić information content (AvgIpc) is 2.69. The summed E-state index contributed by atoms with van der Waals surface area (Å²) in [6.07, 6.45) is 2.30. The van der Waals surface area contributed by atoms with Gasteiger partial charge in [-0.15, -0.1) is 11.6 Å². The zero-order chi connectivity index (χ0) is 13.9. The van der Waals surface area contributed by atoms with Crippen LogP contribution < -0.4 is 4.90 Å². The maximum atomic E-state index is 6.28. The van der Waals surface area contributed by atoms with Gasteiger partial charge in [-0.2, -0.15) is 0 Å². The molecule has 2 aromatic rings. The van der Waals surface area contributed by atoms with Crippen molar-refractivity contribution in [3.05, 3.63) is 64.2 Å². The van der Waals surface area contributed by atoms with Crippen molar-refractivity contribution in [3.63, 3.8) is 0 Å². The van der Waals surface area contributed by atoms with E-state index in [2.05, 4.69) is 35.2 Å². The normalized spacial score (nSPS) is 14.8. The molecule has 20 heavy (non-hydrogen) atoms. The van der Waals surface area contributed by atoms with Crippen LogP contribution in [0.15, 0.2) is 42.5 Å².